The van der Waals surface area contributed by atoms with Crippen LogP contribution < -0.4 is 11.5 Å². The molecule has 3 aliphatic rings. The second-order valence-corrected chi connectivity index (χ2v) is 6.94. The highest BCUT2D eigenvalue weighted by molar-refractivity contribution is 5.89. The lowest BCUT2D eigenvalue weighted by atomic mass is 9.79. The van der Waals surface area contributed by atoms with Crippen molar-refractivity contribution in [2.24, 2.45) is 21.5 Å². The Labute approximate surface area is 153 Å². The zero-order valence-corrected chi connectivity index (χ0v) is 14.5. The topological polar surface area (TPSA) is 186 Å². The van der Waals surface area contributed by atoms with E-state index in [1.807, 2.05) is 0 Å². The molecule has 0 bridgehead atoms. The molecule has 5 unspecified atom stereocenters. The van der Waals surface area contributed by atoms with Gasteiger partial charge in [-0.2, -0.15) is 5.06 Å². The Bertz CT molecular complexity index is 823. The first-order chi connectivity index (χ1) is 12.7. The van der Waals surface area contributed by atoms with Crippen LogP contribution in [-0.2, 0) is 4.74 Å². The standard InChI is InChI=1S/C15H21N7O5/c1-14(25)9(27-11(24)7-3-2-4-18-7)5-21-12(16)19-8(6-23)10-15(14,21)22(26)13(17)20-10/h2-4,8-10,18,23,25-26H,5-6H2,1H3,(H2,16,19)(H2,17,20). The van der Waals surface area contributed by atoms with Gasteiger partial charge in [-0.05, 0) is 19.1 Å². The summed E-state index contributed by atoms with van der Waals surface area (Å²) in [5, 5.41) is 32.4. The number of rotatable bonds is 3. The van der Waals surface area contributed by atoms with Gasteiger partial charge >= 0.3 is 5.97 Å². The molecule has 0 aromatic carbocycles. The van der Waals surface area contributed by atoms with Crippen molar-refractivity contribution >= 4 is 17.9 Å². The minimum Gasteiger partial charge on any atom is -0.453 e. The average Bonchev–Trinajstić information content (AvgIpc) is 3.29. The minimum atomic E-state index is -1.85. The number of aliphatic hydroxyl groups excluding tert-OH is 1. The lowest BCUT2D eigenvalue weighted by molar-refractivity contribution is -0.228. The van der Waals surface area contributed by atoms with Gasteiger partial charge in [0.25, 0.3) is 0 Å². The third-order valence-electron chi connectivity index (χ3n) is 5.55. The van der Waals surface area contributed by atoms with Crippen LogP contribution in [-0.4, -0.2) is 90.9 Å². The predicted octanol–water partition coefficient (Wildman–Crippen LogP) is -2.62. The monoisotopic (exact) mass is 379 g/mol. The van der Waals surface area contributed by atoms with E-state index < -0.39 is 42.0 Å². The van der Waals surface area contributed by atoms with Gasteiger partial charge in [0, 0.05) is 6.20 Å². The SMILES string of the molecule is CC1(O)C(OC(=O)c2ccc[nH]2)CN2C(N)=NC(CO)C3N=C(N)N(O)C321. The Kier molecular flexibility index (Phi) is 3.63. The van der Waals surface area contributed by atoms with Crippen molar-refractivity contribution in [2.75, 3.05) is 13.2 Å². The summed E-state index contributed by atoms with van der Waals surface area (Å²) >= 11 is 0. The summed E-state index contributed by atoms with van der Waals surface area (Å²) in [6.45, 7) is 0.926. The summed E-state index contributed by atoms with van der Waals surface area (Å²) in [6.07, 6.45) is 0.483. The van der Waals surface area contributed by atoms with Crippen molar-refractivity contribution in [3.63, 3.8) is 0 Å². The van der Waals surface area contributed by atoms with Gasteiger partial charge in [0.05, 0.1) is 13.2 Å². The van der Waals surface area contributed by atoms with Crippen molar-refractivity contribution in [3.05, 3.63) is 24.0 Å². The highest BCUT2D eigenvalue weighted by atomic mass is 16.6. The molecular formula is C15H21N7O5. The molecule has 4 rings (SSSR count). The average molecular weight is 379 g/mol. The predicted molar refractivity (Wildman–Crippen MR) is 91.6 cm³/mol. The van der Waals surface area contributed by atoms with E-state index in [0.717, 1.165) is 0 Å². The van der Waals surface area contributed by atoms with Gasteiger partial charge in [-0.15, -0.1) is 0 Å². The maximum atomic E-state index is 12.4. The number of aromatic nitrogens is 1. The molecule has 0 aliphatic carbocycles. The zero-order chi connectivity index (χ0) is 19.6. The summed E-state index contributed by atoms with van der Waals surface area (Å²) in [5.41, 5.74) is 8.52. The molecule has 4 heterocycles. The van der Waals surface area contributed by atoms with E-state index >= 15 is 0 Å². The Hall–Kier alpha value is -2.83. The van der Waals surface area contributed by atoms with Gasteiger partial charge in [0.1, 0.15) is 23.4 Å². The lowest BCUT2D eigenvalue weighted by Gasteiger charge is -2.51. The quantitative estimate of drug-likeness (QED) is 0.306. The van der Waals surface area contributed by atoms with E-state index in [1.165, 1.54) is 17.9 Å². The van der Waals surface area contributed by atoms with Crippen molar-refractivity contribution in [2.45, 2.75) is 36.4 Å². The smallest absolute Gasteiger partial charge is 0.355 e. The first kappa shape index (κ1) is 17.6. The number of carbonyl (C=O) groups excluding carboxylic acids is 1. The van der Waals surface area contributed by atoms with E-state index in [1.54, 1.807) is 12.3 Å². The van der Waals surface area contributed by atoms with E-state index in [2.05, 4.69) is 15.0 Å². The largest absolute Gasteiger partial charge is 0.453 e. The van der Waals surface area contributed by atoms with E-state index in [-0.39, 0.29) is 24.2 Å². The molecule has 1 aromatic heterocycles. The number of H-pyrrole nitrogens is 1. The summed E-state index contributed by atoms with van der Waals surface area (Å²) in [6, 6.07) is 1.41. The zero-order valence-electron chi connectivity index (χ0n) is 14.5. The number of nitrogens with one attached hydrogen (secondary N) is 1. The molecular weight excluding hydrogens is 358 g/mol. The molecule has 5 atom stereocenters. The fourth-order valence-corrected chi connectivity index (χ4v) is 4.24. The van der Waals surface area contributed by atoms with Crippen LogP contribution in [0.3, 0.4) is 0 Å². The molecule has 3 aliphatic heterocycles. The van der Waals surface area contributed by atoms with Crippen molar-refractivity contribution < 1.29 is 25.0 Å². The van der Waals surface area contributed by atoms with E-state index in [4.69, 9.17) is 16.2 Å². The molecule has 8 N–H and O–H groups in total. The Balaban J connectivity index is 1.76. The molecule has 1 spiro atoms. The molecule has 12 heteroatoms. The molecule has 146 valence electrons. The van der Waals surface area contributed by atoms with Crippen molar-refractivity contribution in [1.82, 2.24) is 14.9 Å². The molecule has 1 saturated heterocycles. The third kappa shape index (κ3) is 2.05. The van der Waals surface area contributed by atoms with Crippen LogP contribution in [0.2, 0.25) is 0 Å². The van der Waals surface area contributed by atoms with Gasteiger partial charge in [-0.3, -0.25) is 5.21 Å². The molecule has 1 fully saturated rings. The number of guanidine groups is 2. The maximum absolute atomic E-state index is 12.4. The molecule has 0 amide bonds. The lowest BCUT2D eigenvalue weighted by Crippen LogP contribution is -2.76. The number of nitrogens with zero attached hydrogens (tertiary/aromatic N) is 4. The molecule has 12 nitrogen and oxygen atoms in total. The van der Waals surface area contributed by atoms with Crippen molar-refractivity contribution in [1.29, 1.82) is 0 Å². The number of hydrogen-bond donors (Lipinski definition) is 6. The summed E-state index contributed by atoms with van der Waals surface area (Å²) in [5.74, 6) is -0.971. The first-order valence-corrected chi connectivity index (χ1v) is 8.36. The summed E-state index contributed by atoms with van der Waals surface area (Å²) in [4.78, 5) is 24.9. The maximum Gasteiger partial charge on any atom is 0.355 e. The molecule has 27 heavy (non-hydrogen) atoms. The number of esters is 1. The van der Waals surface area contributed by atoms with Crippen LogP contribution in [0.15, 0.2) is 28.3 Å². The first-order valence-electron chi connectivity index (χ1n) is 8.36. The second kappa shape index (κ2) is 5.58. The Morgan fingerprint density at radius 3 is 2.81 bits per heavy atom. The summed E-state index contributed by atoms with van der Waals surface area (Å²) in [7, 11) is 0. The Morgan fingerprint density at radius 1 is 1.44 bits per heavy atom. The van der Waals surface area contributed by atoms with Crippen LogP contribution in [0.5, 0.6) is 0 Å². The van der Waals surface area contributed by atoms with Gasteiger partial charge in [0.15, 0.2) is 12.1 Å². The molecule has 1 aromatic rings. The van der Waals surface area contributed by atoms with E-state index in [9.17, 15) is 20.2 Å². The second-order valence-electron chi connectivity index (χ2n) is 6.94. The fraction of sp³-hybridized carbons (Fsp3) is 0.533. The fourth-order valence-electron chi connectivity index (χ4n) is 4.24. The normalized spacial score (nSPS) is 37.6. The van der Waals surface area contributed by atoms with Crippen LogP contribution in [0.25, 0.3) is 0 Å². The van der Waals surface area contributed by atoms with Crippen LogP contribution in [0.1, 0.15) is 17.4 Å². The van der Waals surface area contributed by atoms with Gasteiger partial charge in [0.2, 0.25) is 11.6 Å². The number of ether oxygens (including phenoxy) is 1. The minimum absolute atomic E-state index is 0.0343. The molecule has 0 radical (unpaired) electrons. The van der Waals surface area contributed by atoms with Gasteiger partial charge in [-0.25, -0.2) is 14.8 Å². The van der Waals surface area contributed by atoms with Gasteiger partial charge in [-0.1, -0.05) is 0 Å². The number of carbonyl (C=O) groups is 1. The van der Waals surface area contributed by atoms with Crippen LogP contribution in [0, 0.1) is 0 Å². The highest BCUT2D eigenvalue weighted by Gasteiger charge is 2.75. The number of nitrogens with two attached hydrogens (primary N) is 2. The Morgan fingerprint density at radius 2 is 2.19 bits per heavy atom. The van der Waals surface area contributed by atoms with Crippen LogP contribution >= 0.6 is 0 Å². The number of hydroxylamine groups is 2. The van der Waals surface area contributed by atoms with Crippen molar-refractivity contribution in [3.8, 4) is 0 Å². The third-order valence-corrected chi connectivity index (χ3v) is 5.55. The number of aliphatic imine (C=N–C) groups is 2. The van der Waals surface area contributed by atoms with Crippen LogP contribution in [0.4, 0.5) is 0 Å². The molecule has 0 saturated carbocycles. The van der Waals surface area contributed by atoms with E-state index in [0.29, 0.717) is 5.06 Å². The number of hydrogen-bond acceptors (Lipinski definition) is 11. The number of aliphatic hydroxyl groups is 2. The number of aromatic amines is 1. The summed E-state index contributed by atoms with van der Waals surface area (Å²) < 4.78 is 5.50. The van der Waals surface area contributed by atoms with Gasteiger partial charge < -0.3 is 36.3 Å². The highest BCUT2D eigenvalue weighted by Crippen LogP contribution is 2.50.